The van der Waals surface area contributed by atoms with E-state index in [1.807, 2.05) is 27.7 Å². The van der Waals surface area contributed by atoms with Gasteiger partial charge in [0.15, 0.2) is 5.82 Å². The molecule has 2 atom stereocenters. The molecule has 1 aromatic rings. The van der Waals surface area contributed by atoms with Crippen molar-refractivity contribution in [2.45, 2.75) is 96.0 Å². The summed E-state index contributed by atoms with van der Waals surface area (Å²) in [5.41, 5.74) is 3.68. The zero-order valence-electron chi connectivity index (χ0n) is 23.7. The van der Waals surface area contributed by atoms with E-state index in [0.29, 0.717) is 25.8 Å². The zero-order valence-corrected chi connectivity index (χ0v) is 25.5. The second-order valence-corrected chi connectivity index (χ2v) is 19.9. The Kier molecular flexibility index (Phi) is 9.13. The molecule has 2 aliphatic rings. The molecule has 0 spiro atoms. The monoisotopic (exact) mass is 573 g/mol. The number of hydrogen-bond donors (Lipinski definition) is 3. The number of aromatic nitrogens is 2. The molecule has 4 N–H and O–H groups in total. The molecule has 0 radical (unpaired) electrons. The Bertz CT molecular complexity index is 1080. The third-order valence-corrected chi connectivity index (χ3v) is 10.8. The molecule has 2 unspecified atom stereocenters. The minimum atomic E-state index is -4.07. The SMILES string of the molecule is CC1(C)OB(CCCC2CN(S(=O)(=O)Nc3ccn(COCC[Si](C)(C)C)n3)CC2(N)C(=O)O)OC1(C)C. The number of carboxylic acid groups (broad SMARTS) is 1. The van der Waals surface area contributed by atoms with Gasteiger partial charge in [0.2, 0.25) is 0 Å². The molecule has 2 aliphatic heterocycles. The van der Waals surface area contributed by atoms with E-state index in [-0.39, 0.29) is 25.6 Å². The normalized spacial score (nSPS) is 25.7. The first kappa shape index (κ1) is 31.0. The number of rotatable bonds is 13. The van der Waals surface area contributed by atoms with Crippen LogP contribution in [0.1, 0.15) is 40.5 Å². The highest BCUT2D eigenvalue weighted by atomic mass is 32.2. The summed E-state index contributed by atoms with van der Waals surface area (Å²) in [6.07, 6.45) is 3.18. The number of hydrogen-bond acceptors (Lipinski definition) is 8. The van der Waals surface area contributed by atoms with E-state index in [0.717, 1.165) is 10.3 Å². The summed E-state index contributed by atoms with van der Waals surface area (Å²) in [6, 6.07) is 2.55. The van der Waals surface area contributed by atoms with Crippen molar-refractivity contribution >= 4 is 37.2 Å². The molecular formula is C23H44BN5O7SSi. The van der Waals surface area contributed by atoms with E-state index >= 15 is 0 Å². The second-order valence-electron chi connectivity index (χ2n) is 12.6. The number of aliphatic carboxylic acids is 1. The lowest BCUT2D eigenvalue weighted by atomic mass is 9.78. The van der Waals surface area contributed by atoms with Crippen LogP contribution in [0.25, 0.3) is 0 Å². The van der Waals surface area contributed by atoms with Crippen molar-refractivity contribution < 1.29 is 32.4 Å². The van der Waals surface area contributed by atoms with Crippen LogP contribution in [0.15, 0.2) is 12.3 Å². The molecule has 0 aromatic carbocycles. The van der Waals surface area contributed by atoms with Crippen molar-refractivity contribution in [2.24, 2.45) is 11.7 Å². The Morgan fingerprint density at radius 2 is 1.92 bits per heavy atom. The number of carboxylic acids is 1. The maximum Gasteiger partial charge on any atom is 0.457 e. The molecule has 2 fully saturated rings. The molecule has 3 rings (SSSR count). The number of anilines is 1. The van der Waals surface area contributed by atoms with E-state index in [1.54, 1.807) is 6.20 Å². The van der Waals surface area contributed by atoms with Crippen LogP contribution in [0, 0.1) is 5.92 Å². The molecule has 3 heterocycles. The number of nitrogens with zero attached hydrogens (tertiary/aromatic N) is 3. The van der Waals surface area contributed by atoms with Gasteiger partial charge in [0.1, 0.15) is 12.3 Å². The molecule has 2 saturated heterocycles. The van der Waals surface area contributed by atoms with Gasteiger partial charge in [-0.2, -0.15) is 17.8 Å². The predicted molar refractivity (Wildman–Crippen MR) is 149 cm³/mol. The van der Waals surface area contributed by atoms with Gasteiger partial charge >= 0.3 is 23.3 Å². The summed E-state index contributed by atoms with van der Waals surface area (Å²) in [5, 5.41) is 14.1. The van der Waals surface area contributed by atoms with Crippen LogP contribution >= 0.6 is 0 Å². The Labute approximate surface area is 227 Å². The van der Waals surface area contributed by atoms with E-state index in [1.165, 1.54) is 10.7 Å². The first-order chi connectivity index (χ1) is 17.3. The highest BCUT2D eigenvalue weighted by Crippen LogP contribution is 2.39. The first-order valence-electron chi connectivity index (χ1n) is 13.1. The fraction of sp³-hybridized carbons (Fsp3) is 0.826. The molecule has 12 nitrogen and oxygen atoms in total. The van der Waals surface area contributed by atoms with E-state index < -0.39 is 54.0 Å². The molecule has 216 valence electrons. The van der Waals surface area contributed by atoms with Gasteiger partial charge in [-0.25, -0.2) is 4.68 Å². The largest absolute Gasteiger partial charge is 0.480 e. The van der Waals surface area contributed by atoms with Gasteiger partial charge in [-0.05, 0) is 46.5 Å². The standard InChI is InChI=1S/C23H44BN5O7SSi/c1-21(2)22(3,4)36-24(35-21)11-8-9-18-15-29(16-23(18,25)20(30)31)37(32,33)27-19-10-12-28(26-19)17-34-13-14-38(5,6)7/h10,12,18H,8-9,11,13-17,25H2,1-7H3,(H,26,27)(H,30,31). The quantitative estimate of drug-likeness (QED) is 0.238. The second kappa shape index (κ2) is 11.2. The van der Waals surface area contributed by atoms with Crippen molar-refractivity contribution in [1.82, 2.24) is 14.1 Å². The minimum Gasteiger partial charge on any atom is -0.480 e. The van der Waals surface area contributed by atoms with Crippen LogP contribution in [0.5, 0.6) is 0 Å². The molecular weight excluding hydrogens is 529 g/mol. The van der Waals surface area contributed by atoms with Crippen LogP contribution in [0.4, 0.5) is 5.82 Å². The Hall–Kier alpha value is -1.49. The fourth-order valence-electron chi connectivity index (χ4n) is 4.50. The summed E-state index contributed by atoms with van der Waals surface area (Å²) in [4.78, 5) is 12.1. The van der Waals surface area contributed by atoms with Crippen molar-refractivity contribution in [2.75, 3.05) is 24.4 Å². The molecule has 1 aromatic heterocycles. The lowest BCUT2D eigenvalue weighted by Crippen LogP contribution is -2.55. The summed E-state index contributed by atoms with van der Waals surface area (Å²) >= 11 is 0. The van der Waals surface area contributed by atoms with Gasteiger partial charge in [-0.15, -0.1) is 0 Å². The maximum absolute atomic E-state index is 13.1. The van der Waals surface area contributed by atoms with E-state index in [9.17, 15) is 18.3 Å². The number of carbonyl (C=O) groups is 1. The topological polar surface area (TPSA) is 158 Å². The predicted octanol–water partition coefficient (Wildman–Crippen LogP) is 2.44. The van der Waals surface area contributed by atoms with Gasteiger partial charge in [0, 0.05) is 46.0 Å². The average Bonchev–Trinajstić information content (AvgIpc) is 3.40. The van der Waals surface area contributed by atoms with Crippen molar-refractivity contribution in [3.05, 3.63) is 12.3 Å². The number of ether oxygens (including phenoxy) is 1. The van der Waals surface area contributed by atoms with Crippen molar-refractivity contribution in [1.29, 1.82) is 0 Å². The van der Waals surface area contributed by atoms with Crippen LogP contribution in [0.2, 0.25) is 32.0 Å². The van der Waals surface area contributed by atoms with E-state index in [4.69, 9.17) is 19.8 Å². The highest BCUT2D eigenvalue weighted by molar-refractivity contribution is 7.90. The summed E-state index contributed by atoms with van der Waals surface area (Å²) in [5.74, 6) is -1.67. The Balaban J connectivity index is 1.56. The smallest absolute Gasteiger partial charge is 0.457 e. The zero-order chi connectivity index (χ0) is 28.6. The number of nitrogens with one attached hydrogen (secondary N) is 1. The Morgan fingerprint density at radius 3 is 2.50 bits per heavy atom. The average molecular weight is 574 g/mol. The van der Waals surface area contributed by atoms with Gasteiger partial charge in [0.05, 0.1) is 11.2 Å². The van der Waals surface area contributed by atoms with Gasteiger partial charge in [-0.1, -0.05) is 26.1 Å². The molecule has 0 bridgehead atoms. The van der Waals surface area contributed by atoms with Crippen LogP contribution in [-0.2, 0) is 35.8 Å². The Morgan fingerprint density at radius 1 is 1.29 bits per heavy atom. The third kappa shape index (κ3) is 7.37. The summed E-state index contributed by atoms with van der Waals surface area (Å²) < 4.78 is 48.9. The molecule has 0 aliphatic carbocycles. The summed E-state index contributed by atoms with van der Waals surface area (Å²) in [6.45, 7) is 15.2. The molecule has 0 amide bonds. The van der Waals surface area contributed by atoms with Gasteiger partial charge in [-0.3, -0.25) is 9.52 Å². The van der Waals surface area contributed by atoms with Gasteiger partial charge in [0.25, 0.3) is 0 Å². The van der Waals surface area contributed by atoms with Gasteiger partial charge < -0.3 is 24.9 Å². The highest BCUT2D eigenvalue weighted by Gasteiger charge is 2.53. The molecule has 38 heavy (non-hydrogen) atoms. The maximum atomic E-state index is 13.1. The molecule has 15 heteroatoms. The van der Waals surface area contributed by atoms with Crippen molar-refractivity contribution in [3.63, 3.8) is 0 Å². The number of nitrogens with two attached hydrogens (primary N) is 1. The fourth-order valence-corrected chi connectivity index (χ4v) is 6.52. The minimum absolute atomic E-state index is 0.0119. The van der Waals surface area contributed by atoms with Crippen LogP contribution < -0.4 is 10.5 Å². The third-order valence-electron chi connectivity index (χ3n) is 7.72. The first-order valence-corrected chi connectivity index (χ1v) is 18.3. The van der Waals surface area contributed by atoms with Crippen LogP contribution in [-0.4, -0.2) is 85.2 Å². The lowest BCUT2D eigenvalue weighted by molar-refractivity contribution is -0.144. The van der Waals surface area contributed by atoms with Crippen molar-refractivity contribution in [3.8, 4) is 0 Å². The molecule has 0 saturated carbocycles. The lowest BCUT2D eigenvalue weighted by Gasteiger charge is -2.32. The summed E-state index contributed by atoms with van der Waals surface area (Å²) in [7, 11) is -5.69. The van der Waals surface area contributed by atoms with Crippen LogP contribution in [0.3, 0.4) is 0 Å². The van der Waals surface area contributed by atoms with E-state index in [2.05, 4.69) is 29.5 Å².